The van der Waals surface area contributed by atoms with E-state index in [1.54, 1.807) is 0 Å². The molecule has 7 heteroatoms. The molecular weight excluding hydrogens is 272 g/mol. The summed E-state index contributed by atoms with van der Waals surface area (Å²) < 4.78 is 0. The second kappa shape index (κ2) is 7.31. The van der Waals surface area contributed by atoms with Crippen molar-refractivity contribution in [3.05, 3.63) is 0 Å². The molecule has 2 saturated heterocycles. The number of barbiturate groups is 1. The number of likely N-dealkylation sites (tertiary alicyclic amines) is 1. The minimum atomic E-state index is -0.978. The summed E-state index contributed by atoms with van der Waals surface area (Å²) in [5.41, 5.74) is 0.537. The lowest BCUT2D eigenvalue weighted by Crippen LogP contribution is -2.58. The molecule has 0 saturated carbocycles. The number of urea groups is 1. The minimum absolute atomic E-state index is 0.514. The van der Waals surface area contributed by atoms with Crippen LogP contribution in [-0.4, -0.2) is 54.6 Å². The van der Waals surface area contributed by atoms with Crippen LogP contribution in [-0.2, 0) is 9.59 Å². The fourth-order valence-electron chi connectivity index (χ4n) is 2.75. The standard InChI is InChI=1S/C14H22N4O3/c1-2-10(11-12(19)16-14(21)17-13(11)20)15-6-9-18-7-4-3-5-8-18/h11H,2-9H2,1H3,(H2,16,17,19,20,21). The Balaban J connectivity index is 1.94. The van der Waals surface area contributed by atoms with E-state index >= 15 is 0 Å². The molecule has 7 nitrogen and oxygen atoms in total. The van der Waals surface area contributed by atoms with E-state index < -0.39 is 23.8 Å². The maximum Gasteiger partial charge on any atom is 0.328 e. The molecule has 0 radical (unpaired) electrons. The third-order valence-electron chi connectivity index (χ3n) is 3.87. The molecule has 2 N–H and O–H groups in total. The number of nitrogens with one attached hydrogen (secondary N) is 2. The topological polar surface area (TPSA) is 90.9 Å². The van der Waals surface area contributed by atoms with Crippen molar-refractivity contribution < 1.29 is 14.4 Å². The number of amides is 4. The van der Waals surface area contributed by atoms with Crippen LogP contribution in [0.15, 0.2) is 4.99 Å². The fourth-order valence-corrected chi connectivity index (χ4v) is 2.75. The van der Waals surface area contributed by atoms with E-state index in [1.807, 2.05) is 6.92 Å². The molecular formula is C14H22N4O3. The first kappa shape index (κ1) is 15.6. The lowest BCUT2D eigenvalue weighted by molar-refractivity contribution is -0.132. The van der Waals surface area contributed by atoms with Crippen LogP contribution < -0.4 is 10.6 Å². The number of carbonyl (C=O) groups excluding carboxylic acids is 3. The zero-order chi connectivity index (χ0) is 15.2. The molecule has 0 bridgehead atoms. The molecule has 116 valence electrons. The van der Waals surface area contributed by atoms with Crippen LogP contribution >= 0.6 is 0 Å². The first-order valence-electron chi connectivity index (χ1n) is 7.53. The van der Waals surface area contributed by atoms with Crippen molar-refractivity contribution in [2.75, 3.05) is 26.2 Å². The highest BCUT2D eigenvalue weighted by molar-refractivity contribution is 6.27. The van der Waals surface area contributed by atoms with E-state index in [2.05, 4.69) is 20.5 Å². The van der Waals surface area contributed by atoms with Gasteiger partial charge < -0.3 is 4.90 Å². The predicted octanol–water partition coefficient (Wildman–Crippen LogP) is 0.306. The Hall–Kier alpha value is -1.76. The van der Waals surface area contributed by atoms with Crippen molar-refractivity contribution in [2.45, 2.75) is 32.6 Å². The number of hydrogen-bond acceptors (Lipinski definition) is 5. The quantitative estimate of drug-likeness (QED) is 0.564. The number of aliphatic imine (C=N–C) groups is 1. The molecule has 2 heterocycles. The Labute approximate surface area is 124 Å². The van der Waals surface area contributed by atoms with Gasteiger partial charge in [-0.3, -0.25) is 25.2 Å². The summed E-state index contributed by atoms with van der Waals surface area (Å²) in [6.45, 7) is 5.47. The first-order valence-corrected chi connectivity index (χ1v) is 7.53. The van der Waals surface area contributed by atoms with Crippen molar-refractivity contribution in [1.29, 1.82) is 0 Å². The van der Waals surface area contributed by atoms with Crippen LogP contribution in [0.1, 0.15) is 32.6 Å². The Morgan fingerprint density at radius 2 is 1.76 bits per heavy atom. The molecule has 0 aromatic carbocycles. The number of piperidine rings is 1. The van der Waals surface area contributed by atoms with Gasteiger partial charge in [-0.2, -0.15) is 0 Å². The first-order chi connectivity index (χ1) is 10.1. The summed E-state index contributed by atoms with van der Waals surface area (Å²) in [6.07, 6.45) is 4.25. The van der Waals surface area contributed by atoms with Crippen molar-refractivity contribution in [3.8, 4) is 0 Å². The average Bonchev–Trinajstić information content (AvgIpc) is 2.45. The molecule has 21 heavy (non-hydrogen) atoms. The SMILES string of the molecule is CCC(=NCCN1CCCCC1)C1C(=O)NC(=O)NC1=O. The van der Waals surface area contributed by atoms with E-state index in [-0.39, 0.29) is 0 Å². The third-order valence-corrected chi connectivity index (χ3v) is 3.87. The van der Waals surface area contributed by atoms with E-state index in [4.69, 9.17) is 0 Å². The highest BCUT2D eigenvalue weighted by Crippen LogP contribution is 2.10. The maximum atomic E-state index is 11.8. The van der Waals surface area contributed by atoms with Gasteiger partial charge >= 0.3 is 6.03 Å². The number of rotatable bonds is 5. The number of imide groups is 2. The molecule has 2 aliphatic rings. The Bertz CT molecular complexity index is 435. The molecule has 0 atom stereocenters. The van der Waals surface area contributed by atoms with Crippen molar-refractivity contribution in [2.24, 2.45) is 10.9 Å². The van der Waals surface area contributed by atoms with Gasteiger partial charge in [0, 0.05) is 12.3 Å². The van der Waals surface area contributed by atoms with Crippen molar-refractivity contribution in [1.82, 2.24) is 15.5 Å². The van der Waals surface area contributed by atoms with Gasteiger partial charge in [0.15, 0.2) is 5.92 Å². The minimum Gasteiger partial charge on any atom is -0.301 e. The molecule has 0 spiro atoms. The van der Waals surface area contributed by atoms with E-state index in [0.717, 1.165) is 19.6 Å². The maximum absolute atomic E-state index is 11.8. The Kier molecular flexibility index (Phi) is 5.44. The van der Waals surface area contributed by atoms with Crippen molar-refractivity contribution in [3.63, 3.8) is 0 Å². The summed E-state index contributed by atoms with van der Waals surface area (Å²) in [5.74, 6) is -2.14. The number of carbonyl (C=O) groups is 3. The highest BCUT2D eigenvalue weighted by Gasteiger charge is 2.37. The van der Waals surface area contributed by atoms with Gasteiger partial charge in [0.1, 0.15) is 0 Å². The van der Waals surface area contributed by atoms with Crippen LogP contribution in [0.3, 0.4) is 0 Å². The summed E-state index contributed by atoms with van der Waals surface area (Å²) in [7, 11) is 0. The normalized spacial score (nSPS) is 22.1. The molecule has 4 amide bonds. The molecule has 2 aliphatic heterocycles. The van der Waals surface area contributed by atoms with Crippen LogP contribution in [0, 0.1) is 5.92 Å². The van der Waals surface area contributed by atoms with Gasteiger partial charge in [-0.05, 0) is 32.4 Å². The predicted molar refractivity (Wildman–Crippen MR) is 78.1 cm³/mol. The largest absolute Gasteiger partial charge is 0.328 e. The van der Waals surface area contributed by atoms with Crippen molar-refractivity contribution >= 4 is 23.6 Å². The second-order valence-electron chi connectivity index (χ2n) is 5.37. The van der Waals surface area contributed by atoms with Crippen LogP contribution in [0.4, 0.5) is 4.79 Å². The van der Waals surface area contributed by atoms with Crippen LogP contribution in [0.2, 0.25) is 0 Å². The monoisotopic (exact) mass is 294 g/mol. The second-order valence-corrected chi connectivity index (χ2v) is 5.37. The lowest BCUT2D eigenvalue weighted by atomic mass is 9.97. The van der Waals surface area contributed by atoms with Gasteiger partial charge in [0.25, 0.3) is 0 Å². The lowest BCUT2D eigenvalue weighted by Gasteiger charge is -2.26. The van der Waals surface area contributed by atoms with E-state index in [1.165, 1.54) is 19.3 Å². The van der Waals surface area contributed by atoms with Gasteiger partial charge in [0.2, 0.25) is 11.8 Å². The zero-order valence-electron chi connectivity index (χ0n) is 12.4. The smallest absolute Gasteiger partial charge is 0.301 e. The summed E-state index contributed by atoms with van der Waals surface area (Å²) in [4.78, 5) is 41.4. The summed E-state index contributed by atoms with van der Waals surface area (Å²) in [6, 6.07) is -0.759. The molecule has 0 aromatic heterocycles. The Morgan fingerprint density at radius 3 is 2.33 bits per heavy atom. The van der Waals surface area contributed by atoms with Gasteiger partial charge in [-0.15, -0.1) is 0 Å². The Morgan fingerprint density at radius 1 is 1.14 bits per heavy atom. The molecule has 0 unspecified atom stereocenters. The molecule has 0 aliphatic carbocycles. The zero-order valence-corrected chi connectivity index (χ0v) is 12.4. The van der Waals surface area contributed by atoms with Crippen LogP contribution in [0.25, 0.3) is 0 Å². The summed E-state index contributed by atoms with van der Waals surface area (Å²) >= 11 is 0. The molecule has 0 aromatic rings. The highest BCUT2D eigenvalue weighted by atomic mass is 16.2. The fraction of sp³-hybridized carbons (Fsp3) is 0.714. The third kappa shape index (κ3) is 4.10. The molecule has 2 fully saturated rings. The summed E-state index contributed by atoms with van der Waals surface area (Å²) in [5, 5.41) is 4.23. The van der Waals surface area contributed by atoms with Gasteiger partial charge in [-0.25, -0.2) is 4.79 Å². The van der Waals surface area contributed by atoms with Crippen LogP contribution in [0.5, 0.6) is 0 Å². The van der Waals surface area contributed by atoms with E-state index in [0.29, 0.717) is 18.7 Å². The number of nitrogens with zero attached hydrogens (tertiary/aromatic N) is 2. The molecule has 2 rings (SSSR count). The number of hydrogen-bond donors (Lipinski definition) is 2. The van der Waals surface area contributed by atoms with Gasteiger partial charge in [0.05, 0.1) is 6.54 Å². The van der Waals surface area contributed by atoms with E-state index in [9.17, 15) is 14.4 Å². The average molecular weight is 294 g/mol. The van der Waals surface area contributed by atoms with Gasteiger partial charge in [-0.1, -0.05) is 13.3 Å².